The predicted molar refractivity (Wildman–Crippen MR) is 150 cm³/mol. The van der Waals surface area contributed by atoms with Crippen molar-refractivity contribution < 1.29 is 63.5 Å². The maximum absolute atomic E-state index is 13.0. The Morgan fingerprint density at radius 3 is 2.27 bits per heavy atom. The number of phenols is 3. The van der Waals surface area contributed by atoms with Crippen LogP contribution in [0.25, 0.3) is 22.3 Å². The van der Waals surface area contributed by atoms with Crippen molar-refractivity contribution in [1.29, 1.82) is 0 Å². The highest BCUT2D eigenvalue weighted by Crippen LogP contribution is 2.43. The van der Waals surface area contributed by atoms with Crippen LogP contribution in [0.5, 0.6) is 34.5 Å². The molecule has 44 heavy (non-hydrogen) atoms. The standard InChI is InChI=1S/C30H28O14/c1-39-19-9-14(5-8-16(19)32)18-10-17(33)23-20(42-18)11-21(28(40-2)25(23)35)43-30-27(37)26(36)24(34)22(44-30)12-41-29(38)13-3-6-15(31)7-4-13/h3-11,22,24,26-27,30-32,34-37H,12H2,1-2H3. The molecule has 4 aromatic rings. The van der Waals surface area contributed by atoms with Crippen molar-refractivity contribution in [3.63, 3.8) is 0 Å². The first-order valence-corrected chi connectivity index (χ1v) is 13.1. The molecule has 3 aromatic carbocycles. The number of benzene rings is 3. The number of carbonyl (C=O) groups is 1. The van der Waals surface area contributed by atoms with Gasteiger partial charge in [-0.1, -0.05) is 0 Å². The van der Waals surface area contributed by atoms with E-state index in [0.717, 1.165) is 6.07 Å². The fourth-order valence-electron chi connectivity index (χ4n) is 4.63. The van der Waals surface area contributed by atoms with Gasteiger partial charge in [-0.3, -0.25) is 4.79 Å². The topological polar surface area (TPSA) is 215 Å². The van der Waals surface area contributed by atoms with Gasteiger partial charge in [-0.05, 0) is 42.5 Å². The van der Waals surface area contributed by atoms with Crippen molar-refractivity contribution in [2.75, 3.05) is 20.8 Å². The number of fused-ring (bicyclic) bond motifs is 1. The van der Waals surface area contributed by atoms with Crippen LogP contribution in [0, 0.1) is 0 Å². The summed E-state index contributed by atoms with van der Waals surface area (Å²) in [5.41, 5.74) is -0.328. The predicted octanol–water partition coefficient (Wildman–Crippen LogP) is 1.64. The van der Waals surface area contributed by atoms with Crippen LogP contribution in [0.3, 0.4) is 0 Å². The molecule has 14 heteroatoms. The summed E-state index contributed by atoms with van der Waals surface area (Å²) >= 11 is 0. The number of rotatable bonds is 8. The Kier molecular flexibility index (Phi) is 8.51. The van der Waals surface area contributed by atoms with Crippen molar-refractivity contribution >= 4 is 16.9 Å². The zero-order valence-electron chi connectivity index (χ0n) is 23.2. The molecule has 1 saturated heterocycles. The van der Waals surface area contributed by atoms with Gasteiger partial charge in [0.2, 0.25) is 12.0 Å². The first-order valence-electron chi connectivity index (χ1n) is 13.1. The van der Waals surface area contributed by atoms with Crippen molar-refractivity contribution in [3.8, 4) is 45.8 Å². The van der Waals surface area contributed by atoms with Crippen LogP contribution >= 0.6 is 0 Å². The molecule has 6 N–H and O–H groups in total. The van der Waals surface area contributed by atoms with Crippen LogP contribution in [0.15, 0.2) is 63.8 Å². The van der Waals surface area contributed by atoms with E-state index in [-0.39, 0.29) is 51.0 Å². The first kappa shape index (κ1) is 30.4. The van der Waals surface area contributed by atoms with E-state index < -0.39 is 54.5 Å². The van der Waals surface area contributed by atoms with Gasteiger partial charge in [-0.25, -0.2) is 4.79 Å². The molecule has 0 spiro atoms. The highest BCUT2D eigenvalue weighted by Gasteiger charge is 2.46. The average Bonchev–Trinajstić information content (AvgIpc) is 3.01. The summed E-state index contributed by atoms with van der Waals surface area (Å²) in [5.74, 6) is -2.06. The molecule has 1 aliphatic heterocycles. The minimum Gasteiger partial charge on any atom is -0.508 e. The van der Waals surface area contributed by atoms with Gasteiger partial charge in [0, 0.05) is 17.7 Å². The number of ether oxygens (including phenoxy) is 5. The van der Waals surface area contributed by atoms with Gasteiger partial charge < -0.3 is 58.7 Å². The fourth-order valence-corrected chi connectivity index (χ4v) is 4.63. The fraction of sp³-hybridized carbons (Fsp3) is 0.267. The quantitative estimate of drug-likeness (QED) is 0.156. The third-order valence-corrected chi connectivity index (χ3v) is 6.97. The summed E-state index contributed by atoms with van der Waals surface area (Å²) in [7, 11) is 2.54. The van der Waals surface area contributed by atoms with Gasteiger partial charge in [0.05, 0.1) is 19.8 Å². The SMILES string of the molecule is COc1cc(-c2cc(=O)c3c(O)c(OC)c(OC4OC(COC(=O)c5ccc(O)cc5)C(O)C(O)C4O)cc3o2)ccc1O. The highest BCUT2D eigenvalue weighted by molar-refractivity contribution is 5.90. The van der Waals surface area contributed by atoms with E-state index in [9.17, 15) is 40.2 Å². The summed E-state index contributed by atoms with van der Waals surface area (Å²) in [6.07, 6.45) is -8.37. The summed E-state index contributed by atoms with van der Waals surface area (Å²) in [6, 6.07) is 11.8. The molecule has 1 fully saturated rings. The highest BCUT2D eigenvalue weighted by atomic mass is 16.7. The van der Waals surface area contributed by atoms with E-state index in [1.165, 1.54) is 62.8 Å². The molecule has 0 bridgehead atoms. The normalized spacial score (nSPS) is 21.5. The van der Waals surface area contributed by atoms with Crippen molar-refractivity contribution in [3.05, 3.63) is 70.4 Å². The Bertz CT molecular complexity index is 1730. The summed E-state index contributed by atoms with van der Waals surface area (Å²) in [6.45, 7) is -0.557. The number of aliphatic hydroxyl groups excluding tert-OH is 3. The molecule has 0 saturated carbocycles. The first-order chi connectivity index (χ1) is 21.0. The Morgan fingerprint density at radius 2 is 1.59 bits per heavy atom. The van der Waals surface area contributed by atoms with E-state index in [2.05, 4.69) is 0 Å². The van der Waals surface area contributed by atoms with Crippen LogP contribution in [-0.4, -0.2) is 88.1 Å². The molecule has 5 rings (SSSR count). The molecule has 1 aliphatic rings. The second kappa shape index (κ2) is 12.3. The number of esters is 1. The molecule has 14 nitrogen and oxygen atoms in total. The van der Waals surface area contributed by atoms with E-state index >= 15 is 0 Å². The van der Waals surface area contributed by atoms with E-state index in [1.807, 2.05) is 0 Å². The zero-order chi connectivity index (χ0) is 31.7. The van der Waals surface area contributed by atoms with Gasteiger partial charge in [-0.15, -0.1) is 0 Å². The van der Waals surface area contributed by atoms with E-state index in [1.54, 1.807) is 0 Å². The van der Waals surface area contributed by atoms with Gasteiger partial charge in [0.15, 0.2) is 28.4 Å². The minimum absolute atomic E-state index is 0.0549. The van der Waals surface area contributed by atoms with Gasteiger partial charge >= 0.3 is 5.97 Å². The van der Waals surface area contributed by atoms with Crippen LogP contribution < -0.4 is 19.6 Å². The maximum Gasteiger partial charge on any atom is 0.338 e. The number of hydrogen-bond donors (Lipinski definition) is 6. The van der Waals surface area contributed by atoms with E-state index in [4.69, 9.17) is 28.1 Å². The number of phenolic OH excluding ortho intramolecular Hbond substituents is 3. The molecular weight excluding hydrogens is 584 g/mol. The van der Waals surface area contributed by atoms with Crippen molar-refractivity contribution in [1.82, 2.24) is 0 Å². The number of hydrogen-bond acceptors (Lipinski definition) is 14. The Labute approximate surface area is 248 Å². The van der Waals surface area contributed by atoms with Crippen molar-refractivity contribution in [2.24, 2.45) is 0 Å². The molecule has 232 valence electrons. The molecule has 2 heterocycles. The minimum atomic E-state index is -1.82. The number of aliphatic hydroxyl groups is 3. The third-order valence-electron chi connectivity index (χ3n) is 6.97. The molecular formula is C30H28O14. The number of methoxy groups -OCH3 is 2. The monoisotopic (exact) mass is 612 g/mol. The molecule has 0 amide bonds. The van der Waals surface area contributed by atoms with E-state index in [0.29, 0.717) is 5.56 Å². The maximum atomic E-state index is 13.0. The largest absolute Gasteiger partial charge is 0.508 e. The van der Waals surface area contributed by atoms with Gasteiger partial charge in [0.1, 0.15) is 53.5 Å². The second-order valence-electron chi connectivity index (χ2n) is 9.77. The lowest BCUT2D eigenvalue weighted by molar-refractivity contribution is -0.277. The lowest BCUT2D eigenvalue weighted by Gasteiger charge is -2.40. The molecule has 5 atom stereocenters. The second-order valence-corrected chi connectivity index (χ2v) is 9.77. The Balaban J connectivity index is 1.44. The summed E-state index contributed by atoms with van der Waals surface area (Å²) in [4.78, 5) is 25.4. The number of aromatic hydroxyl groups is 3. The Hall–Kier alpha value is -5.02. The molecule has 5 unspecified atom stereocenters. The van der Waals surface area contributed by atoms with Crippen LogP contribution in [-0.2, 0) is 9.47 Å². The smallest absolute Gasteiger partial charge is 0.338 e. The summed E-state index contributed by atoms with van der Waals surface area (Å²) in [5, 5.41) is 61.6. The van der Waals surface area contributed by atoms with Crippen LogP contribution in [0.1, 0.15) is 10.4 Å². The number of carbonyl (C=O) groups excluding carboxylic acids is 1. The summed E-state index contributed by atoms with van der Waals surface area (Å²) < 4.78 is 32.8. The lowest BCUT2D eigenvalue weighted by Crippen LogP contribution is -2.60. The van der Waals surface area contributed by atoms with Crippen LogP contribution in [0.2, 0.25) is 0 Å². The van der Waals surface area contributed by atoms with Crippen molar-refractivity contribution in [2.45, 2.75) is 30.7 Å². The lowest BCUT2D eigenvalue weighted by atomic mass is 9.99. The van der Waals surface area contributed by atoms with Gasteiger partial charge in [0.25, 0.3) is 0 Å². The average molecular weight is 613 g/mol. The molecule has 0 aliphatic carbocycles. The molecule has 0 radical (unpaired) electrons. The van der Waals surface area contributed by atoms with Crippen LogP contribution in [0.4, 0.5) is 0 Å². The molecule has 1 aromatic heterocycles. The third kappa shape index (κ3) is 5.78. The van der Waals surface area contributed by atoms with Gasteiger partial charge in [-0.2, -0.15) is 0 Å². The zero-order valence-corrected chi connectivity index (χ0v) is 23.2. The Morgan fingerprint density at radius 1 is 0.864 bits per heavy atom.